The number of carbonyl (C=O) groups is 1. The molecule has 0 atom stereocenters. The van der Waals surface area contributed by atoms with Crippen LogP contribution in [0, 0.1) is 6.92 Å². The second kappa shape index (κ2) is 8.25. The Kier molecular flexibility index (Phi) is 5.57. The fourth-order valence-electron chi connectivity index (χ4n) is 3.73. The van der Waals surface area contributed by atoms with Crippen LogP contribution in [0.2, 0.25) is 0 Å². The average Bonchev–Trinajstić information content (AvgIpc) is 3.04. The van der Waals surface area contributed by atoms with Gasteiger partial charge in [-0.2, -0.15) is 4.52 Å². The van der Waals surface area contributed by atoms with E-state index in [1.807, 2.05) is 31.2 Å². The highest BCUT2D eigenvalue weighted by atomic mass is 32.2. The molecule has 1 aromatic carbocycles. The predicted octanol–water partition coefficient (Wildman–Crippen LogP) is 3.91. The summed E-state index contributed by atoms with van der Waals surface area (Å²) in [6.45, 7) is 1.87. The first kappa shape index (κ1) is 18.2. The molecule has 0 spiro atoms. The van der Waals surface area contributed by atoms with Gasteiger partial charge >= 0.3 is 0 Å². The number of aromatic nitrogens is 4. The van der Waals surface area contributed by atoms with Gasteiger partial charge in [-0.05, 0) is 31.9 Å². The Morgan fingerprint density at radius 3 is 2.70 bits per heavy atom. The monoisotopic (exact) mass is 383 g/mol. The summed E-state index contributed by atoms with van der Waals surface area (Å²) in [7, 11) is 0. The van der Waals surface area contributed by atoms with Gasteiger partial charge in [0.2, 0.25) is 5.91 Å². The molecule has 1 saturated carbocycles. The number of nitrogens with one attached hydrogen (secondary N) is 1. The van der Waals surface area contributed by atoms with Crippen LogP contribution in [-0.4, -0.2) is 37.3 Å². The predicted molar refractivity (Wildman–Crippen MR) is 108 cm³/mol. The summed E-state index contributed by atoms with van der Waals surface area (Å²) < 4.78 is 1.76. The van der Waals surface area contributed by atoms with Crippen molar-refractivity contribution in [3.05, 3.63) is 30.1 Å². The number of carbonyl (C=O) groups excluding carboxylic acids is 1. The van der Waals surface area contributed by atoms with Crippen molar-refractivity contribution in [2.24, 2.45) is 0 Å². The summed E-state index contributed by atoms with van der Waals surface area (Å²) in [6, 6.07) is 8.23. The minimum absolute atomic E-state index is 0.0746. The molecule has 1 amide bonds. The number of rotatable bonds is 4. The molecular formula is C20H25N5OS. The third-order valence-electron chi connectivity index (χ3n) is 5.06. The van der Waals surface area contributed by atoms with Crippen LogP contribution in [0.5, 0.6) is 0 Å². The largest absolute Gasteiger partial charge is 0.353 e. The summed E-state index contributed by atoms with van der Waals surface area (Å²) in [6.07, 6.45) is 8.51. The Balaban J connectivity index is 1.48. The van der Waals surface area contributed by atoms with Crippen molar-refractivity contribution >= 4 is 34.2 Å². The maximum atomic E-state index is 12.5. The van der Waals surface area contributed by atoms with Gasteiger partial charge in [-0.25, -0.2) is 9.97 Å². The van der Waals surface area contributed by atoms with E-state index in [4.69, 9.17) is 4.98 Å². The highest BCUT2D eigenvalue weighted by Crippen LogP contribution is 2.24. The van der Waals surface area contributed by atoms with Crippen LogP contribution < -0.4 is 5.32 Å². The number of benzene rings is 1. The molecule has 4 rings (SSSR count). The molecular weight excluding hydrogens is 358 g/mol. The maximum absolute atomic E-state index is 12.5. The third-order valence-corrected chi connectivity index (χ3v) is 5.99. The highest BCUT2D eigenvalue weighted by molar-refractivity contribution is 7.99. The lowest BCUT2D eigenvalue weighted by atomic mass is 9.97. The fraction of sp³-hybridized carbons (Fsp3) is 0.500. The van der Waals surface area contributed by atoms with Crippen LogP contribution in [0.15, 0.2) is 29.4 Å². The summed E-state index contributed by atoms with van der Waals surface area (Å²) in [5.74, 6) is 1.12. The molecule has 3 aromatic rings. The number of aryl methyl sites for hydroxylation is 1. The third kappa shape index (κ3) is 4.24. The van der Waals surface area contributed by atoms with E-state index in [0.29, 0.717) is 22.8 Å². The van der Waals surface area contributed by atoms with Crippen molar-refractivity contribution in [1.29, 1.82) is 0 Å². The van der Waals surface area contributed by atoms with E-state index >= 15 is 0 Å². The van der Waals surface area contributed by atoms with Crippen molar-refractivity contribution in [1.82, 2.24) is 24.9 Å². The Hall–Kier alpha value is -2.15. The second-order valence-electron chi connectivity index (χ2n) is 7.20. The molecule has 7 heteroatoms. The average molecular weight is 384 g/mol. The number of para-hydroxylation sites is 1. The van der Waals surface area contributed by atoms with Crippen molar-refractivity contribution in [2.75, 3.05) is 5.75 Å². The molecule has 6 nitrogen and oxygen atoms in total. The second-order valence-corrected chi connectivity index (χ2v) is 8.15. The Morgan fingerprint density at radius 2 is 1.89 bits per heavy atom. The molecule has 0 saturated heterocycles. The summed E-state index contributed by atoms with van der Waals surface area (Å²) >= 11 is 1.42. The van der Waals surface area contributed by atoms with Crippen LogP contribution in [0.4, 0.5) is 0 Å². The van der Waals surface area contributed by atoms with Crippen LogP contribution in [-0.2, 0) is 4.79 Å². The summed E-state index contributed by atoms with van der Waals surface area (Å²) in [5.41, 5.74) is 1.67. The lowest BCUT2D eigenvalue weighted by molar-refractivity contribution is -0.119. The molecule has 0 radical (unpaired) electrons. The van der Waals surface area contributed by atoms with E-state index in [2.05, 4.69) is 15.4 Å². The maximum Gasteiger partial charge on any atom is 0.230 e. The Bertz CT molecular complexity index is 946. The molecule has 0 bridgehead atoms. The first-order valence-electron chi connectivity index (χ1n) is 9.75. The first-order valence-corrected chi connectivity index (χ1v) is 10.7. The van der Waals surface area contributed by atoms with Crippen LogP contribution >= 0.6 is 11.8 Å². The van der Waals surface area contributed by atoms with Gasteiger partial charge in [-0.1, -0.05) is 56.0 Å². The van der Waals surface area contributed by atoms with Gasteiger partial charge < -0.3 is 5.32 Å². The number of fused-ring (bicyclic) bond motifs is 3. The van der Waals surface area contributed by atoms with E-state index in [0.717, 1.165) is 29.4 Å². The minimum Gasteiger partial charge on any atom is -0.353 e. The zero-order valence-electron chi connectivity index (χ0n) is 15.6. The number of amides is 1. The van der Waals surface area contributed by atoms with Crippen LogP contribution in [0.1, 0.15) is 50.8 Å². The smallest absolute Gasteiger partial charge is 0.230 e. The topological polar surface area (TPSA) is 72.2 Å². The van der Waals surface area contributed by atoms with Gasteiger partial charge in [0.15, 0.2) is 10.8 Å². The summed E-state index contributed by atoms with van der Waals surface area (Å²) in [4.78, 5) is 21.7. The molecule has 27 heavy (non-hydrogen) atoms. The Morgan fingerprint density at radius 1 is 1.15 bits per heavy atom. The molecule has 2 aromatic heterocycles. The normalized spacial score (nSPS) is 16.3. The lowest BCUT2D eigenvalue weighted by Crippen LogP contribution is -2.36. The van der Waals surface area contributed by atoms with Gasteiger partial charge in [0.05, 0.1) is 11.3 Å². The fourth-order valence-corrected chi connectivity index (χ4v) is 4.48. The van der Waals surface area contributed by atoms with E-state index in [9.17, 15) is 4.79 Å². The molecule has 1 fully saturated rings. The van der Waals surface area contributed by atoms with Gasteiger partial charge in [0.25, 0.3) is 0 Å². The molecule has 1 N–H and O–H groups in total. The quantitative estimate of drug-likeness (QED) is 0.546. The van der Waals surface area contributed by atoms with Crippen LogP contribution in [0.3, 0.4) is 0 Å². The van der Waals surface area contributed by atoms with Gasteiger partial charge in [-0.15, -0.1) is 5.10 Å². The van der Waals surface area contributed by atoms with Crippen molar-refractivity contribution < 1.29 is 4.79 Å². The Labute approximate surface area is 163 Å². The number of nitrogens with zero attached hydrogens (tertiary/aromatic N) is 4. The van der Waals surface area contributed by atoms with Gasteiger partial charge in [0.1, 0.15) is 5.82 Å². The summed E-state index contributed by atoms with van der Waals surface area (Å²) in [5, 5.41) is 9.36. The van der Waals surface area contributed by atoms with E-state index in [-0.39, 0.29) is 5.91 Å². The zero-order chi connectivity index (χ0) is 18.6. The molecule has 142 valence electrons. The highest BCUT2D eigenvalue weighted by Gasteiger charge is 2.16. The number of thioether (sulfide) groups is 1. The van der Waals surface area contributed by atoms with Crippen LogP contribution in [0.25, 0.3) is 16.6 Å². The van der Waals surface area contributed by atoms with E-state index in [1.54, 1.807) is 4.52 Å². The van der Waals surface area contributed by atoms with Gasteiger partial charge in [-0.3, -0.25) is 4.79 Å². The zero-order valence-corrected chi connectivity index (χ0v) is 16.5. The van der Waals surface area contributed by atoms with Gasteiger partial charge in [0, 0.05) is 11.4 Å². The van der Waals surface area contributed by atoms with E-state index in [1.165, 1.54) is 43.9 Å². The van der Waals surface area contributed by atoms with Crippen molar-refractivity contribution in [2.45, 2.75) is 63.1 Å². The minimum atomic E-state index is 0.0746. The molecule has 2 heterocycles. The SMILES string of the molecule is Cc1nc2c3ccccc3nc(SCC(=O)NC3CCCCCCC3)n2n1. The molecule has 1 aliphatic carbocycles. The molecule has 0 aliphatic heterocycles. The lowest BCUT2D eigenvalue weighted by Gasteiger charge is -2.20. The standard InChI is InChI=1S/C20H25N5OS/c1-14-21-19-16-11-7-8-12-17(16)23-20(25(19)24-14)27-13-18(26)22-15-9-5-3-2-4-6-10-15/h7-8,11-12,15H,2-6,9-10,13H2,1H3,(H,22,26). The number of hydrogen-bond donors (Lipinski definition) is 1. The first-order chi connectivity index (χ1) is 13.2. The van der Waals surface area contributed by atoms with Crippen molar-refractivity contribution in [3.63, 3.8) is 0 Å². The van der Waals surface area contributed by atoms with E-state index < -0.39 is 0 Å². The van der Waals surface area contributed by atoms with Crippen molar-refractivity contribution in [3.8, 4) is 0 Å². The molecule has 0 unspecified atom stereocenters. The molecule has 1 aliphatic rings. The number of hydrogen-bond acceptors (Lipinski definition) is 5.